The molecule has 2 N–H and O–H groups in total. The number of benzene rings is 1. The summed E-state index contributed by atoms with van der Waals surface area (Å²) in [5.41, 5.74) is 7.84. The highest BCUT2D eigenvalue weighted by Gasteiger charge is 2.11. The Kier molecular flexibility index (Phi) is 5.27. The zero-order chi connectivity index (χ0) is 16.1. The fourth-order valence-corrected chi connectivity index (χ4v) is 2.71. The molecular weight excluding hydrogens is 300 g/mol. The summed E-state index contributed by atoms with van der Waals surface area (Å²) >= 11 is 1.47. The third-order valence-corrected chi connectivity index (χ3v) is 4.02. The molecule has 0 spiro atoms. The van der Waals surface area contributed by atoms with Crippen LogP contribution in [0.25, 0.3) is 10.6 Å². The number of amides is 1. The molecule has 2 rings (SSSR count). The molecule has 0 aliphatic rings. The van der Waals surface area contributed by atoms with Crippen LogP contribution in [0.1, 0.15) is 31.0 Å². The van der Waals surface area contributed by atoms with Crippen LogP contribution in [0, 0.1) is 0 Å². The van der Waals surface area contributed by atoms with Gasteiger partial charge in [0.1, 0.15) is 5.01 Å². The van der Waals surface area contributed by atoms with Gasteiger partial charge in [-0.1, -0.05) is 38.1 Å². The van der Waals surface area contributed by atoms with Crippen molar-refractivity contribution < 1.29 is 14.3 Å². The highest BCUT2D eigenvalue weighted by molar-refractivity contribution is 7.13. The summed E-state index contributed by atoms with van der Waals surface area (Å²) in [5.74, 6) is -0.690. The first-order valence-electron chi connectivity index (χ1n) is 6.94. The van der Waals surface area contributed by atoms with Crippen LogP contribution < -0.4 is 5.73 Å². The molecule has 0 bridgehead atoms. The number of carbonyl (C=O) groups excluding carboxylic acids is 2. The van der Waals surface area contributed by atoms with Crippen LogP contribution in [0.5, 0.6) is 0 Å². The van der Waals surface area contributed by atoms with Gasteiger partial charge in [-0.15, -0.1) is 11.3 Å². The van der Waals surface area contributed by atoms with E-state index in [0.717, 1.165) is 10.6 Å². The molecule has 0 aliphatic heterocycles. The van der Waals surface area contributed by atoms with Gasteiger partial charge in [0.15, 0.2) is 6.61 Å². The summed E-state index contributed by atoms with van der Waals surface area (Å²) in [6.07, 6.45) is 0.0356. The molecule has 0 fully saturated rings. The second-order valence-corrected chi connectivity index (χ2v) is 6.08. The first-order chi connectivity index (χ1) is 10.5. The average molecular weight is 318 g/mol. The highest BCUT2D eigenvalue weighted by atomic mass is 32.1. The van der Waals surface area contributed by atoms with Crippen molar-refractivity contribution in [2.75, 3.05) is 6.61 Å². The van der Waals surface area contributed by atoms with Gasteiger partial charge in [0.2, 0.25) is 0 Å². The number of nitrogens with two attached hydrogens (primary N) is 1. The summed E-state index contributed by atoms with van der Waals surface area (Å²) < 4.78 is 4.72. The number of hydrogen-bond acceptors (Lipinski definition) is 5. The molecule has 0 saturated carbocycles. The minimum Gasteiger partial charge on any atom is -0.455 e. The summed E-state index contributed by atoms with van der Waals surface area (Å²) in [6.45, 7) is 3.90. The lowest BCUT2D eigenvalue weighted by molar-refractivity contribution is -0.147. The first kappa shape index (κ1) is 16.2. The van der Waals surface area contributed by atoms with Crippen LogP contribution in [-0.4, -0.2) is 23.5 Å². The molecular formula is C16H18N2O3S. The number of aromatic nitrogens is 1. The van der Waals surface area contributed by atoms with Crippen LogP contribution >= 0.6 is 11.3 Å². The van der Waals surface area contributed by atoms with E-state index in [1.54, 1.807) is 0 Å². The molecule has 6 heteroatoms. The van der Waals surface area contributed by atoms with Crippen molar-refractivity contribution >= 4 is 23.2 Å². The number of thiazole rings is 1. The Morgan fingerprint density at radius 3 is 2.55 bits per heavy atom. The van der Waals surface area contributed by atoms with E-state index in [1.165, 1.54) is 16.9 Å². The van der Waals surface area contributed by atoms with Crippen molar-refractivity contribution in [3.63, 3.8) is 0 Å². The number of ether oxygens (including phenoxy) is 1. The molecule has 0 aliphatic carbocycles. The predicted octanol–water partition coefficient (Wildman–Crippen LogP) is 2.50. The van der Waals surface area contributed by atoms with E-state index < -0.39 is 18.5 Å². The molecule has 0 saturated heterocycles. The van der Waals surface area contributed by atoms with Crippen molar-refractivity contribution in [2.24, 2.45) is 5.73 Å². The van der Waals surface area contributed by atoms with Gasteiger partial charge in [-0.05, 0) is 11.5 Å². The fourth-order valence-electron chi connectivity index (χ4n) is 1.88. The van der Waals surface area contributed by atoms with Crippen LogP contribution in [0.3, 0.4) is 0 Å². The maximum absolute atomic E-state index is 11.5. The molecule has 0 radical (unpaired) electrons. The van der Waals surface area contributed by atoms with E-state index >= 15 is 0 Å². The second kappa shape index (κ2) is 7.17. The molecule has 1 aromatic carbocycles. The number of rotatable bonds is 6. The molecule has 2 aromatic rings. The van der Waals surface area contributed by atoms with Crippen molar-refractivity contribution in [3.8, 4) is 10.6 Å². The van der Waals surface area contributed by atoms with Crippen molar-refractivity contribution in [1.82, 2.24) is 4.98 Å². The largest absolute Gasteiger partial charge is 0.455 e. The van der Waals surface area contributed by atoms with Crippen LogP contribution in [0.4, 0.5) is 0 Å². The molecule has 5 nitrogen and oxygen atoms in total. The van der Waals surface area contributed by atoms with Gasteiger partial charge in [-0.2, -0.15) is 0 Å². The maximum Gasteiger partial charge on any atom is 0.312 e. The Labute approximate surface area is 133 Å². The van der Waals surface area contributed by atoms with E-state index in [0.29, 0.717) is 11.6 Å². The minimum atomic E-state index is -0.669. The van der Waals surface area contributed by atoms with E-state index in [1.807, 2.05) is 17.5 Å². The van der Waals surface area contributed by atoms with Gasteiger partial charge in [0, 0.05) is 10.9 Å². The maximum atomic E-state index is 11.5. The van der Waals surface area contributed by atoms with Crippen LogP contribution in [-0.2, 0) is 20.7 Å². The second-order valence-electron chi connectivity index (χ2n) is 5.22. The standard InChI is InChI=1S/C16H18N2O3S/c1-10(2)11-3-5-12(6-4-11)16-18-13(9-22-16)7-15(20)21-8-14(17)19/h3-6,9-10H,7-8H2,1-2H3,(H2,17,19). The molecule has 1 heterocycles. The van der Waals surface area contributed by atoms with Gasteiger partial charge in [0.25, 0.3) is 5.91 Å². The van der Waals surface area contributed by atoms with Gasteiger partial charge < -0.3 is 10.5 Å². The topological polar surface area (TPSA) is 82.3 Å². The van der Waals surface area contributed by atoms with Crippen molar-refractivity contribution in [2.45, 2.75) is 26.2 Å². The zero-order valence-corrected chi connectivity index (χ0v) is 13.4. The number of primary amides is 1. The monoisotopic (exact) mass is 318 g/mol. The number of hydrogen-bond donors (Lipinski definition) is 1. The Bertz CT molecular complexity index is 662. The Morgan fingerprint density at radius 1 is 1.27 bits per heavy atom. The highest BCUT2D eigenvalue weighted by Crippen LogP contribution is 2.26. The van der Waals surface area contributed by atoms with Crippen LogP contribution in [0.15, 0.2) is 29.6 Å². The van der Waals surface area contributed by atoms with Crippen molar-refractivity contribution in [1.29, 1.82) is 0 Å². The lowest BCUT2D eigenvalue weighted by Crippen LogP contribution is -2.21. The molecule has 0 unspecified atom stereocenters. The summed E-state index contributed by atoms with van der Waals surface area (Å²) in [7, 11) is 0. The third kappa shape index (κ3) is 4.39. The summed E-state index contributed by atoms with van der Waals surface area (Å²) in [6, 6.07) is 8.23. The van der Waals surface area contributed by atoms with Gasteiger partial charge >= 0.3 is 5.97 Å². The van der Waals surface area contributed by atoms with Crippen LogP contribution in [0.2, 0.25) is 0 Å². The molecule has 1 amide bonds. The lowest BCUT2D eigenvalue weighted by Gasteiger charge is -2.05. The quantitative estimate of drug-likeness (QED) is 0.830. The fraction of sp³-hybridized carbons (Fsp3) is 0.312. The molecule has 116 valence electrons. The molecule has 0 atom stereocenters. The number of esters is 1. The number of carbonyl (C=O) groups is 2. The lowest BCUT2D eigenvalue weighted by atomic mass is 10.0. The normalized spacial score (nSPS) is 10.7. The molecule has 1 aromatic heterocycles. The smallest absolute Gasteiger partial charge is 0.312 e. The van der Waals surface area contributed by atoms with E-state index in [2.05, 4.69) is 31.0 Å². The SMILES string of the molecule is CC(C)c1ccc(-c2nc(CC(=O)OCC(N)=O)cs2)cc1. The predicted molar refractivity (Wildman–Crippen MR) is 85.5 cm³/mol. The van der Waals surface area contributed by atoms with Gasteiger partial charge in [0.05, 0.1) is 12.1 Å². The van der Waals surface area contributed by atoms with E-state index in [4.69, 9.17) is 10.5 Å². The Hall–Kier alpha value is -2.21. The Morgan fingerprint density at radius 2 is 1.95 bits per heavy atom. The molecule has 22 heavy (non-hydrogen) atoms. The van der Waals surface area contributed by atoms with Crippen molar-refractivity contribution in [3.05, 3.63) is 40.9 Å². The minimum absolute atomic E-state index is 0.0356. The van der Waals surface area contributed by atoms with Gasteiger partial charge in [-0.3, -0.25) is 9.59 Å². The van der Waals surface area contributed by atoms with E-state index in [-0.39, 0.29) is 6.42 Å². The summed E-state index contributed by atoms with van der Waals surface area (Å²) in [4.78, 5) is 26.5. The van der Waals surface area contributed by atoms with Gasteiger partial charge in [-0.25, -0.2) is 4.98 Å². The zero-order valence-electron chi connectivity index (χ0n) is 12.5. The first-order valence-corrected chi connectivity index (χ1v) is 7.82. The van der Waals surface area contributed by atoms with E-state index in [9.17, 15) is 9.59 Å². The summed E-state index contributed by atoms with van der Waals surface area (Å²) in [5, 5.41) is 2.67. The number of nitrogens with zero attached hydrogens (tertiary/aromatic N) is 1. The third-order valence-electron chi connectivity index (χ3n) is 3.08. The average Bonchev–Trinajstić information content (AvgIpc) is 2.93. The Balaban J connectivity index is 2.01.